The predicted octanol–water partition coefficient (Wildman–Crippen LogP) is 5.44. The normalized spacial score (nSPS) is 10.9. The lowest BCUT2D eigenvalue weighted by molar-refractivity contribution is -0.111. The molecule has 0 spiro atoms. The average molecular weight is 345 g/mol. The van der Waals surface area contributed by atoms with Gasteiger partial charge in [-0.15, -0.1) is 0 Å². The zero-order valence-electron chi connectivity index (χ0n) is 10.5. The molecule has 0 heterocycles. The van der Waals surface area contributed by atoms with Crippen LogP contribution < -0.4 is 5.32 Å². The van der Waals surface area contributed by atoms with Gasteiger partial charge in [0, 0.05) is 11.8 Å². The zero-order valence-corrected chi connectivity index (χ0v) is 12.8. The van der Waals surface area contributed by atoms with Gasteiger partial charge in [-0.1, -0.05) is 40.9 Å². The van der Waals surface area contributed by atoms with Crippen LogP contribution in [0.1, 0.15) is 5.56 Å². The molecule has 2 aromatic rings. The Labute approximate surface area is 136 Å². The molecule has 2 rings (SSSR count). The van der Waals surface area contributed by atoms with E-state index in [1.54, 1.807) is 24.3 Å². The first-order chi connectivity index (χ1) is 9.95. The van der Waals surface area contributed by atoms with E-state index in [-0.39, 0.29) is 10.9 Å². The van der Waals surface area contributed by atoms with Crippen molar-refractivity contribution in [2.24, 2.45) is 0 Å². The van der Waals surface area contributed by atoms with Crippen molar-refractivity contribution in [1.82, 2.24) is 0 Å². The van der Waals surface area contributed by atoms with Crippen molar-refractivity contribution in [3.05, 3.63) is 68.9 Å². The topological polar surface area (TPSA) is 29.1 Å². The third-order valence-corrected chi connectivity index (χ3v) is 3.59. The molecule has 0 unspecified atom stereocenters. The van der Waals surface area contributed by atoms with Crippen LogP contribution in [0.15, 0.2) is 42.5 Å². The number of nitrogens with one attached hydrogen (secondary N) is 1. The van der Waals surface area contributed by atoms with Crippen molar-refractivity contribution in [1.29, 1.82) is 0 Å². The lowest BCUT2D eigenvalue weighted by atomic mass is 10.2. The molecule has 0 atom stereocenters. The summed E-state index contributed by atoms with van der Waals surface area (Å²) in [6.07, 6.45) is 2.92. The van der Waals surface area contributed by atoms with Crippen molar-refractivity contribution in [2.75, 3.05) is 5.32 Å². The van der Waals surface area contributed by atoms with E-state index in [0.717, 1.165) is 5.56 Å². The van der Waals surface area contributed by atoms with E-state index in [2.05, 4.69) is 5.32 Å². The van der Waals surface area contributed by atoms with Crippen LogP contribution in [0.5, 0.6) is 0 Å². The minimum absolute atomic E-state index is 0.0544. The summed E-state index contributed by atoms with van der Waals surface area (Å²) in [4.78, 5) is 11.7. The van der Waals surface area contributed by atoms with E-state index in [1.165, 1.54) is 24.3 Å². The fourth-order valence-electron chi connectivity index (χ4n) is 1.55. The first-order valence-electron chi connectivity index (χ1n) is 5.85. The highest BCUT2D eigenvalue weighted by atomic mass is 35.5. The van der Waals surface area contributed by atoms with Crippen LogP contribution >= 0.6 is 34.8 Å². The molecule has 2 aromatic carbocycles. The molecule has 108 valence electrons. The first-order valence-corrected chi connectivity index (χ1v) is 6.98. The van der Waals surface area contributed by atoms with Gasteiger partial charge >= 0.3 is 0 Å². The molecule has 0 bridgehead atoms. The maximum atomic E-state index is 13.0. The molecular formula is C15H9Cl3FNO. The van der Waals surface area contributed by atoms with Crippen molar-refractivity contribution < 1.29 is 9.18 Å². The van der Waals surface area contributed by atoms with Crippen LogP contribution in [-0.4, -0.2) is 5.91 Å². The van der Waals surface area contributed by atoms with Crippen LogP contribution in [0, 0.1) is 5.82 Å². The zero-order chi connectivity index (χ0) is 15.4. The number of amides is 1. The Morgan fingerprint density at radius 2 is 1.76 bits per heavy atom. The molecule has 0 fully saturated rings. The number of carbonyl (C=O) groups excluding carboxylic acids is 1. The maximum Gasteiger partial charge on any atom is 0.248 e. The Morgan fingerprint density at radius 3 is 2.43 bits per heavy atom. The molecule has 0 saturated heterocycles. The number of anilines is 1. The van der Waals surface area contributed by atoms with Gasteiger partial charge < -0.3 is 5.32 Å². The van der Waals surface area contributed by atoms with Gasteiger partial charge in [-0.2, -0.15) is 0 Å². The Hall–Kier alpha value is -1.55. The van der Waals surface area contributed by atoms with Crippen LogP contribution in [0.3, 0.4) is 0 Å². The molecule has 6 heteroatoms. The minimum Gasteiger partial charge on any atom is -0.322 e. The Morgan fingerprint density at radius 1 is 1.00 bits per heavy atom. The van der Waals surface area contributed by atoms with Gasteiger partial charge in [-0.3, -0.25) is 4.79 Å². The van der Waals surface area contributed by atoms with Crippen molar-refractivity contribution >= 4 is 52.5 Å². The van der Waals surface area contributed by atoms with Crippen LogP contribution in [0.4, 0.5) is 10.1 Å². The molecule has 21 heavy (non-hydrogen) atoms. The standard InChI is InChI=1S/C15H9Cl3FNO/c16-11-4-1-9(7-12(11)17)2-6-15(21)20-10-3-5-14(19)13(18)8-10/h1-8H,(H,20,21)/b6-2-. The summed E-state index contributed by atoms with van der Waals surface area (Å²) in [5.74, 6) is -0.912. The van der Waals surface area contributed by atoms with Gasteiger partial charge in [0.15, 0.2) is 0 Å². The van der Waals surface area contributed by atoms with Gasteiger partial charge in [-0.05, 0) is 42.0 Å². The Balaban J connectivity index is 2.05. The number of rotatable bonds is 3. The lowest BCUT2D eigenvalue weighted by Crippen LogP contribution is -2.07. The highest BCUT2D eigenvalue weighted by molar-refractivity contribution is 6.42. The van der Waals surface area contributed by atoms with Crippen LogP contribution in [-0.2, 0) is 4.79 Å². The van der Waals surface area contributed by atoms with Gasteiger partial charge in [-0.25, -0.2) is 4.39 Å². The predicted molar refractivity (Wildman–Crippen MR) is 85.5 cm³/mol. The molecule has 0 aromatic heterocycles. The SMILES string of the molecule is O=C(/C=C\c1ccc(Cl)c(Cl)c1)Nc1ccc(F)c(Cl)c1. The van der Waals surface area contributed by atoms with Gasteiger partial charge in [0.05, 0.1) is 15.1 Å². The number of hydrogen-bond acceptors (Lipinski definition) is 1. The molecule has 0 saturated carbocycles. The van der Waals surface area contributed by atoms with Gasteiger partial charge in [0.25, 0.3) is 0 Å². The van der Waals surface area contributed by atoms with Crippen molar-refractivity contribution in [2.45, 2.75) is 0 Å². The Kier molecular flexibility index (Phi) is 5.23. The molecule has 0 aliphatic heterocycles. The van der Waals surface area contributed by atoms with E-state index in [1.807, 2.05) is 0 Å². The maximum absolute atomic E-state index is 13.0. The summed E-state index contributed by atoms with van der Waals surface area (Å²) in [5, 5.41) is 3.37. The van der Waals surface area contributed by atoms with Gasteiger partial charge in [0.2, 0.25) is 5.91 Å². The second kappa shape index (κ2) is 6.94. The van der Waals surface area contributed by atoms with E-state index >= 15 is 0 Å². The molecule has 0 aliphatic carbocycles. The van der Waals surface area contributed by atoms with Crippen molar-refractivity contribution in [3.63, 3.8) is 0 Å². The van der Waals surface area contributed by atoms with Crippen LogP contribution in [0.25, 0.3) is 6.08 Å². The number of carbonyl (C=O) groups is 1. The van der Waals surface area contributed by atoms with E-state index in [9.17, 15) is 9.18 Å². The monoisotopic (exact) mass is 343 g/mol. The number of halogens is 4. The summed E-state index contributed by atoms with van der Waals surface area (Å²) < 4.78 is 13.0. The third-order valence-electron chi connectivity index (χ3n) is 2.56. The number of benzene rings is 2. The summed E-state index contributed by atoms with van der Waals surface area (Å²) in [6.45, 7) is 0. The molecule has 1 N–H and O–H groups in total. The van der Waals surface area contributed by atoms with Crippen molar-refractivity contribution in [3.8, 4) is 0 Å². The van der Waals surface area contributed by atoms with E-state index in [0.29, 0.717) is 15.7 Å². The fourth-order valence-corrected chi connectivity index (χ4v) is 2.03. The average Bonchev–Trinajstić information content (AvgIpc) is 2.44. The molecular weight excluding hydrogens is 336 g/mol. The second-order valence-electron chi connectivity index (χ2n) is 4.13. The van der Waals surface area contributed by atoms with E-state index < -0.39 is 5.82 Å². The quantitative estimate of drug-likeness (QED) is 0.738. The molecule has 0 aliphatic rings. The smallest absolute Gasteiger partial charge is 0.248 e. The van der Waals surface area contributed by atoms with Gasteiger partial charge in [0.1, 0.15) is 5.82 Å². The molecule has 2 nitrogen and oxygen atoms in total. The van der Waals surface area contributed by atoms with E-state index in [4.69, 9.17) is 34.8 Å². The fraction of sp³-hybridized carbons (Fsp3) is 0. The Bertz CT molecular complexity index is 716. The summed E-state index contributed by atoms with van der Waals surface area (Å²) in [7, 11) is 0. The highest BCUT2D eigenvalue weighted by Crippen LogP contribution is 2.23. The highest BCUT2D eigenvalue weighted by Gasteiger charge is 2.03. The molecule has 1 amide bonds. The lowest BCUT2D eigenvalue weighted by Gasteiger charge is -2.03. The largest absolute Gasteiger partial charge is 0.322 e. The third kappa shape index (κ3) is 4.46. The summed E-state index contributed by atoms with van der Waals surface area (Å²) in [5.41, 5.74) is 1.14. The summed E-state index contributed by atoms with van der Waals surface area (Å²) in [6, 6.07) is 8.95. The molecule has 0 radical (unpaired) electrons. The first kappa shape index (κ1) is 15.8. The number of hydrogen-bond donors (Lipinski definition) is 1. The van der Waals surface area contributed by atoms with Crippen LogP contribution in [0.2, 0.25) is 15.1 Å². The second-order valence-corrected chi connectivity index (χ2v) is 5.35. The minimum atomic E-state index is -0.541. The summed E-state index contributed by atoms with van der Waals surface area (Å²) >= 11 is 17.3.